The number of carbonyl (C=O) groups excluding carboxylic acids is 1. The van der Waals surface area contributed by atoms with E-state index in [1.807, 2.05) is 0 Å². The van der Waals surface area contributed by atoms with Crippen molar-refractivity contribution in [3.8, 4) is 0 Å². The van der Waals surface area contributed by atoms with Crippen LogP contribution >= 0.6 is 11.3 Å². The number of aryl methyl sites for hydroxylation is 1. The molecule has 6 nitrogen and oxygen atoms in total. The largest absolute Gasteiger partial charge is 0.479 e. The van der Waals surface area contributed by atoms with Gasteiger partial charge in [-0.3, -0.25) is 4.79 Å². The molecule has 7 heteroatoms. The molecule has 2 heterocycles. The van der Waals surface area contributed by atoms with Crippen LogP contribution in [0.3, 0.4) is 0 Å². The molecule has 2 aromatic rings. The molecule has 2 rings (SSSR count). The second kappa shape index (κ2) is 5.01. The monoisotopic (exact) mass is 266 g/mol. The second-order valence-electron chi connectivity index (χ2n) is 3.60. The molecular formula is C11H10N2O4S. The first kappa shape index (κ1) is 12.3. The van der Waals surface area contributed by atoms with Crippen molar-refractivity contribution in [3.05, 3.63) is 39.9 Å². The van der Waals surface area contributed by atoms with Crippen molar-refractivity contribution < 1.29 is 19.2 Å². The van der Waals surface area contributed by atoms with E-state index in [1.54, 1.807) is 24.4 Å². The molecular weight excluding hydrogens is 256 g/mol. The summed E-state index contributed by atoms with van der Waals surface area (Å²) in [6.45, 7) is 1.66. The highest BCUT2D eigenvalue weighted by Crippen LogP contribution is 2.20. The lowest BCUT2D eigenvalue weighted by atomic mass is 10.2. The molecule has 1 amide bonds. The SMILES string of the molecule is Cc1cnoc1C(=O)NC(C(=O)O)c1cccs1. The molecule has 0 radical (unpaired) electrons. The van der Waals surface area contributed by atoms with Gasteiger partial charge < -0.3 is 14.9 Å². The van der Waals surface area contributed by atoms with Crippen LogP contribution in [0.25, 0.3) is 0 Å². The number of nitrogens with one attached hydrogen (secondary N) is 1. The minimum absolute atomic E-state index is 0.0257. The zero-order valence-corrected chi connectivity index (χ0v) is 10.2. The van der Waals surface area contributed by atoms with Crippen molar-refractivity contribution in [3.63, 3.8) is 0 Å². The fraction of sp³-hybridized carbons (Fsp3) is 0.182. The molecule has 2 N–H and O–H groups in total. The van der Waals surface area contributed by atoms with E-state index in [1.165, 1.54) is 17.5 Å². The minimum atomic E-state index is -1.12. The third-order valence-electron chi connectivity index (χ3n) is 2.30. The highest BCUT2D eigenvalue weighted by molar-refractivity contribution is 7.10. The molecule has 0 aromatic carbocycles. The van der Waals surface area contributed by atoms with Gasteiger partial charge in [-0.2, -0.15) is 0 Å². The van der Waals surface area contributed by atoms with Gasteiger partial charge in [0.05, 0.1) is 6.20 Å². The Morgan fingerprint density at radius 2 is 2.33 bits per heavy atom. The number of aromatic nitrogens is 1. The number of hydrogen-bond acceptors (Lipinski definition) is 5. The van der Waals surface area contributed by atoms with Crippen LogP contribution in [0.4, 0.5) is 0 Å². The van der Waals surface area contributed by atoms with Gasteiger partial charge in [-0.05, 0) is 18.4 Å². The Labute approximate surface area is 106 Å². The van der Waals surface area contributed by atoms with Gasteiger partial charge in [0.15, 0.2) is 6.04 Å². The molecule has 2 aromatic heterocycles. The summed E-state index contributed by atoms with van der Waals surface area (Å²) < 4.78 is 4.77. The minimum Gasteiger partial charge on any atom is -0.479 e. The average Bonchev–Trinajstić information content (AvgIpc) is 2.95. The van der Waals surface area contributed by atoms with E-state index in [9.17, 15) is 9.59 Å². The summed E-state index contributed by atoms with van der Waals surface area (Å²) in [4.78, 5) is 23.5. The maximum absolute atomic E-state index is 11.8. The average molecular weight is 266 g/mol. The maximum atomic E-state index is 11.8. The summed E-state index contributed by atoms with van der Waals surface area (Å²) in [5.41, 5.74) is 0.558. The molecule has 0 saturated carbocycles. The van der Waals surface area contributed by atoms with Crippen molar-refractivity contribution in [2.45, 2.75) is 13.0 Å². The quantitative estimate of drug-likeness (QED) is 0.876. The molecule has 1 unspecified atom stereocenters. The maximum Gasteiger partial charge on any atom is 0.331 e. The molecule has 0 bridgehead atoms. The Bertz CT molecular complexity index is 561. The Hall–Kier alpha value is -2.15. The lowest BCUT2D eigenvalue weighted by Gasteiger charge is -2.11. The fourth-order valence-corrected chi connectivity index (χ4v) is 2.18. The summed E-state index contributed by atoms with van der Waals surface area (Å²) in [5.74, 6) is -1.69. The highest BCUT2D eigenvalue weighted by atomic mass is 32.1. The Kier molecular flexibility index (Phi) is 3.42. The molecule has 94 valence electrons. The third-order valence-corrected chi connectivity index (χ3v) is 3.24. The number of rotatable bonds is 4. The smallest absolute Gasteiger partial charge is 0.331 e. The van der Waals surface area contributed by atoms with Crippen LogP contribution in [-0.4, -0.2) is 22.1 Å². The van der Waals surface area contributed by atoms with Crippen molar-refractivity contribution in [1.82, 2.24) is 10.5 Å². The van der Waals surface area contributed by atoms with Crippen LogP contribution in [0.1, 0.15) is 27.0 Å². The number of carboxylic acids is 1. The topological polar surface area (TPSA) is 92.4 Å². The van der Waals surface area contributed by atoms with Crippen LogP contribution in [-0.2, 0) is 4.79 Å². The molecule has 0 fully saturated rings. The Morgan fingerprint density at radius 1 is 1.56 bits per heavy atom. The fourth-order valence-electron chi connectivity index (χ4n) is 1.42. The number of amides is 1. The Balaban J connectivity index is 2.18. The normalized spacial score (nSPS) is 12.1. The van der Waals surface area contributed by atoms with Gasteiger partial charge in [0.1, 0.15) is 0 Å². The van der Waals surface area contributed by atoms with E-state index in [0.29, 0.717) is 10.4 Å². The number of hydrogen-bond donors (Lipinski definition) is 2. The van der Waals surface area contributed by atoms with E-state index in [-0.39, 0.29) is 5.76 Å². The van der Waals surface area contributed by atoms with Gasteiger partial charge in [0.25, 0.3) is 5.91 Å². The zero-order chi connectivity index (χ0) is 13.1. The van der Waals surface area contributed by atoms with Gasteiger partial charge in [-0.15, -0.1) is 11.3 Å². The van der Waals surface area contributed by atoms with E-state index in [0.717, 1.165) is 0 Å². The van der Waals surface area contributed by atoms with Crippen molar-refractivity contribution >= 4 is 23.2 Å². The lowest BCUT2D eigenvalue weighted by Crippen LogP contribution is -2.33. The van der Waals surface area contributed by atoms with Crippen LogP contribution < -0.4 is 5.32 Å². The molecule has 0 aliphatic rings. The summed E-state index contributed by atoms with van der Waals surface area (Å²) in [6, 6.07) is 2.29. The number of thiophene rings is 1. The number of carbonyl (C=O) groups is 2. The third kappa shape index (κ3) is 2.40. The van der Waals surface area contributed by atoms with Gasteiger partial charge in [-0.1, -0.05) is 11.2 Å². The number of aliphatic carboxylic acids is 1. The van der Waals surface area contributed by atoms with Crippen molar-refractivity contribution in [2.75, 3.05) is 0 Å². The van der Waals surface area contributed by atoms with Crippen LogP contribution in [0.2, 0.25) is 0 Å². The first-order valence-corrected chi connectivity index (χ1v) is 5.96. The van der Waals surface area contributed by atoms with Gasteiger partial charge in [0, 0.05) is 10.4 Å². The summed E-state index contributed by atoms with van der Waals surface area (Å²) >= 11 is 1.26. The predicted octanol–water partition coefficient (Wildman–Crippen LogP) is 1.60. The van der Waals surface area contributed by atoms with Gasteiger partial charge >= 0.3 is 5.97 Å². The number of carboxylic acid groups (broad SMARTS) is 1. The van der Waals surface area contributed by atoms with E-state index in [4.69, 9.17) is 9.63 Å². The zero-order valence-electron chi connectivity index (χ0n) is 9.41. The first-order valence-electron chi connectivity index (χ1n) is 5.08. The standard InChI is InChI=1S/C11H10N2O4S/c1-6-5-12-17-9(6)10(14)13-8(11(15)16)7-3-2-4-18-7/h2-5,8H,1H3,(H,13,14)(H,15,16). The molecule has 0 spiro atoms. The molecule has 1 atom stereocenters. The summed E-state index contributed by atoms with van der Waals surface area (Å²) in [7, 11) is 0. The Morgan fingerprint density at radius 3 is 2.83 bits per heavy atom. The van der Waals surface area contributed by atoms with Crippen LogP contribution in [0, 0.1) is 6.92 Å². The van der Waals surface area contributed by atoms with Crippen molar-refractivity contribution in [2.24, 2.45) is 0 Å². The predicted molar refractivity (Wildman–Crippen MR) is 63.4 cm³/mol. The van der Waals surface area contributed by atoms with Crippen molar-refractivity contribution in [1.29, 1.82) is 0 Å². The summed E-state index contributed by atoms with van der Waals surface area (Å²) in [6.07, 6.45) is 1.40. The molecule has 0 aliphatic carbocycles. The van der Waals surface area contributed by atoms with E-state index in [2.05, 4.69) is 10.5 Å². The van der Waals surface area contributed by atoms with Gasteiger partial charge in [0.2, 0.25) is 5.76 Å². The first-order chi connectivity index (χ1) is 8.59. The lowest BCUT2D eigenvalue weighted by molar-refractivity contribution is -0.139. The molecule has 0 saturated heterocycles. The van der Waals surface area contributed by atoms with E-state index >= 15 is 0 Å². The van der Waals surface area contributed by atoms with E-state index < -0.39 is 17.9 Å². The van der Waals surface area contributed by atoms with Crippen LogP contribution in [0.5, 0.6) is 0 Å². The van der Waals surface area contributed by atoms with Gasteiger partial charge in [-0.25, -0.2) is 4.79 Å². The second-order valence-corrected chi connectivity index (χ2v) is 4.58. The van der Waals surface area contributed by atoms with Crippen LogP contribution in [0.15, 0.2) is 28.2 Å². The molecule has 18 heavy (non-hydrogen) atoms. The highest BCUT2D eigenvalue weighted by Gasteiger charge is 2.25. The number of nitrogens with zero attached hydrogens (tertiary/aromatic N) is 1. The summed E-state index contributed by atoms with van der Waals surface area (Å²) in [5, 5.41) is 16.7. The molecule has 0 aliphatic heterocycles.